The Kier molecular flexibility index (Phi) is 5.59. The third-order valence-corrected chi connectivity index (χ3v) is 3.87. The van der Waals surface area contributed by atoms with Crippen LogP contribution >= 0.6 is 0 Å². The minimum Gasteiger partial charge on any atom is -0.370 e. The van der Waals surface area contributed by atoms with Crippen LogP contribution in [0.2, 0.25) is 0 Å². The van der Waals surface area contributed by atoms with Gasteiger partial charge >= 0.3 is 0 Å². The molecule has 1 aliphatic heterocycles. The highest BCUT2D eigenvalue weighted by atomic mass is 19.3. The van der Waals surface area contributed by atoms with Crippen LogP contribution in [0.5, 0.6) is 0 Å². The van der Waals surface area contributed by atoms with E-state index >= 15 is 0 Å². The Labute approximate surface area is 122 Å². The third-order valence-electron chi connectivity index (χ3n) is 3.87. The molecule has 1 heterocycles. The van der Waals surface area contributed by atoms with Gasteiger partial charge in [-0.05, 0) is 73.4 Å². The van der Waals surface area contributed by atoms with Crippen molar-refractivity contribution in [2.75, 3.05) is 19.7 Å². The third kappa shape index (κ3) is 6.49. The minimum absolute atomic E-state index is 0.0406. The zero-order valence-electron chi connectivity index (χ0n) is 13.9. The molecular weight excluding hydrogens is 260 g/mol. The van der Waals surface area contributed by atoms with Crippen LogP contribution in [0.4, 0.5) is 8.78 Å². The van der Waals surface area contributed by atoms with Gasteiger partial charge in [-0.2, -0.15) is 0 Å². The van der Waals surface area contributed by atoms with E-state index in [2.05, 4.69) is 25.7 Å². The predicted molar refractivity (Wildman–Crippen MR) is 79.3 cm³/mol. The van der Waals surface area contributed by atoms with Crippen LogP contribution in [-0.4, -0.2) is 41.7 Å². The van der Waals surface area contributed by atoms with Gasteiger partial charge in [-0.3, -0.25) is 4.90 Å². The average molecular weight is 291 g/mol. The molecule has 0 radical (unpaired) electrons. The largest absolute Gasteiger partial charge is 0.370 e. The number of rotatable bonds is 4. The van der Waals surface area contributed by atoms with E-state index in [0.717, 1.165) is 25.9 Å². The number of piperidine rings is 1. The van der Waals surface area contributed by atoms with Gasteiger partial charge in [-0.25, -0.2) is 8.78 Å². The van der Waals surface area contributed by atoms with Gasteiger partial charge in [0, 0.05) is 12.0 Å². The normalized spacial score (nSPS) is 20.4. The monoisotopic (exact) mass is 291 g/mol. The van der Waals surface area contributed by atoms with Crippen LogP contribution in [0.1, 0.15) is 60.8 Å². The molecule has 1 fully saturated rings. The molecule has 0 aliphatic carbocycles. The molecule has 0 amide bonds. The fourth-order valence-corrected chi connectivity index (χ4v) is 2.61. The van der Waals surface area contributed by atoms with Gasteiger partial charge in [0.2, 0.25) is 0 Å². The van der Waals surface area contributed by atoms with Gasteiger partial charge in [0.25, 0.3) is 5.92 Å². The van der Waals surface area contributed by atoms with Gasteiger partial charge in [0.15, 0.2) is 0 Å². The van der Waals surface area contributed by atoms with Crippen molar-refractivity contribution >= 4 is 0 Å². The smallest absolute Gasteiger partial charge is 0.271 e. The van der Waals surface area contributed by atoms with E-state index in [4.69, 9.17) is 4.74 Å². The fraction of sp³-hybridized carbons (Fsp3) is 1.00. The second kappa shape index (κ2) is 6.27. The molecule has 0 aromatic heterocycles. The maximum absolute atomic E-state index is 13.9. The molecule has 4 heteroatoms. The SMILES string of the molecule is CC(C)(C)OCC(F)(F)CC1CCN(C(C)(C)C)CC1. The number of ether oxygens (including phenoxy) is 1. The molecule has 2 nitrogen and oxygen atoms in total. The van der Waals surface area contributed by atoms with Crippen LogP contribution in [0, 0.1) is 5.92 Å². The van der Waals surface area contributed by atoms with Crippen molar-refractivity contribution in [2.45, 2.75) is 77.9 Å². The number of nitrogens with zero attached hydrogens (tertiary/aromatic N) is 1. The molecule has 1 aliphatic rings. The molecule has 1 rings (SSSR count). The summed E-state index contributed by atoms with van der Waals surface area (Å²) < 4.78 is 33.1. The van der Waals surface area contributed by atoms with Crippen molar-refractivity contribution in [3.05, 3.63) is 0 Å². The van der Waals surface area contributed by atoms with Crippen molar-refractivity contribution in [1.29, 1.82) is 0 Å². The Morgan fingerprint density at radius 2 is 1.50 bits per heavy atom. The van der Waals surface area contributed by atoms with Crippen molar-refractivity contribution in [1.82, 2.24) is 4.90 Å². The molecule has 120 valence electrons. The van der Waals surface area contributed by atoms with Crippen LogP contribution in [-0.2, 0) is 4.74 Å². The van der Waals surface area contributed by atoms with Gasteiger partial charge < -0.3 is 4.74 Å². The topological polar surface area (TPSA) is 12.5 Å². The highest BCUT2D eigenvalue weighted by Gasteiger charge is 2.36. The predicted octanol–water partition coefficient (Wildman–Crippen LogP) is 4.34. The molecule has 0 aromatic carbocycles. The lowest BCUT2D eigenvalue weighted by Gasteiger charge is -2.41. The van der Waals surface area contributed by atoms with Crippen molar-refractivity contribution in [3.8, 4) is 0 Å². The first kappa shape index (κ1) is 17.8. The first-order valence-electron chi connectivity index (χ1n) is 7.66. The van der Waals surface area contributed by atoms with Crippen molar-refractivity contribution in [3.63, 3.8) is 0 Å². The lowest BCUT2D eigenvalue weighted by atomic mass is 9.88. The summed E-state index contributed by atoms with van der Waals surface area (Å²) in [6.45, 7) is 13.3. The van der Waals surface area contributed by atoms with Gasteiger partial charge in [0.05, 0.1) is 5.60 Å². The highest BCUT2D eigenvalue weighted by Crippen LogP contribution is 2.33. The second-order valence-corrected chi connectivity index (χ2v) is 8.06. The number of likely N-dealkylation sites (tertiary alicyclic amines) is 1. The fourth-order valence-electron chi connectivity index (χ4n) is 2.61. The quantitative estimate of drug-likeness (QED) is 0.764. The molecule has 20 heavy (non-hydrogen) atoms. The molecule has 0 aromatic rings. The Balaban J connectivity index is 2.39. The molecule has 0 spiro atoms. The number of hydrogen-bond acceptors (Lipinski definition) is 2. The number of alkyl halides is 2. The van der Waals surface area contributed by atoms with Gasteiger partial charge in [-0.15, -0.1) is 0 Å². The van der Waals surface area contributed by atoms with E-state index in [-0.39, 0.29) is 17.9 Å². The molecule has 0 N–H and O–H groups in total. The maximum atomic E-state index is 13.9. The summed E-state index contributed by atoms with van der Waals surface area (Å²) in [6.07, 6.45) is 1.69. The zero-order chi connectivity index (χ0) is 15.6. The molecule has 0 bridgehead atoms. The van der Waals surface area contributed by atoms with Gasteiger partial charge in [0.1, 0.15) is 6.61 Å². The Hall–Kier alpha value is -0.220. The summed E-state index contributed by atoms with van der Waals surface area (Å²) in [5, 5.41) is 0. The van der Waals surface area contributed by atoms with Crippen molar-refractivity contribution < 1.29 is 13.5 Å². The Bertz CT molecular complexity index is 297. The van der Waals surface area contributed by atoms with E-state index in [1.54, 1.807) is 0 Å². The molecule has 0 atom stereocenters. The van der Waals surface area contributed by atoms with Crippen LogP contribution < -0.4 is 0 Å². The minimum atomic E-state index is -2.71. The van der Waals surface area contributed by atoms with E-state index in [1.165, 1.54) is 0 Å². The first-order chi connectivity index (χ1) is 8.89. The first-order valence-corrected chi connectivity index (χ1v) is 7.66. The molecule has 0 unspecified atom stereocenters. The summed E-state index contributed by atoms with van der Waals surface area (Å²) in [7, 11) is 0. The summed E-state index contributed by atoms with van der Waals surface area (Å²) in [6, 6.07) is 0. The standard InChI is InChI=1S/C16H31F2NO/c1-14(2,3)19-9-7-13(8-10-19)11-16(17,18)12-20-15(4,5)6/h13H,7-12H2,1-6H3. The van der Waals surface area contributed by atoms with Crippen LogP contribution in [0.3, 0.4) is 0 Å². The lowest BCUT2D eigenvalue weighted by Crippen LogP contribution is -2.47. The lowest BCUT2D eigenvalue weighted by molar-refractivity contribution is -0.134. The van der Waals surface area contributed by atoms with Crippen LogP contribution in [0.15, 0.2) is 0 Å². The van der Waals surface area contributed by atoms with E-state index in [1.807, 2.05) is 20.8 Å². The average Bonchev–Trinajstić information content (AvgIpc) is 2.25. The molecule has 1 saturated heterocycles. The van der Waals surface area contributed by atoms with E-state index in [9.17, 15) is 8.78 Å². The molecule has 0 saturated carbocycles. The van der Waals surface area contributed by atoms with Gasteiger partial charge in [-0.1, -0.05) is 0 Å². The summed E-state index contributed by atoms with van der Waals surface area (Å²) in [5.74, 6) is -2.59. The van der Waals surface area contributed by atoms with Crippen LogP contribution in [0.25, 0.3) is 0 Å². The van der Waals surface area contributed by atoms with E-state index in [0.29, 0.717) is 0 Å². The Morgan fingerprint density at radius 3 is 1.90 bits per heavy atom. The second-order valence-electron chi connectivity index (χ2n) is 8.06. The summed E-state index contributed by atoms with van der Waals surface area (Å²) >= 11 is 0. The highest BCUT2D eigenvalue weighted by molar-refractivity contribution is 4.84. The number of hydrogen-bond donors (Lipinski definition) is 0. The maximum Gasteiger partial charge on any atom is 0.271 e. The Morgan fingerprint density at radius 1 is 1.00 bits per heavy atom. The van der Waals surface area contributed by atoms with Crippen molar-refractivity contribution in [2.24, 2.45) is 5.92 Å². The van der Waals surface area contributed by atoms with E-state index < -0.39 is 18.1 Å². The number of halogens is 2. The zero-order valence-corrected chi connectivity index (χ0v) is 13.9. The molecular formula is C16H31F2NO. The summed E-state index contributed by atoms with van der Waals surface area (Å²) in [4.78, 5) is 2.38. The summed E-state index contributed by atoms with van der Waals surface area (Å²) in [5.41, 5.74) is -0.359.